The molecule has 0 aliphatic heterocycles. The summed E-state index contributed by atoms with van der Waals surface area (Å²) in [6, 6.07) is 13.1. The summed E-state index contributed by atoms with van der Waals surface area (Å²) in [7, 11) is 0. The first kappa shape index (κ1) is 23.5. The molecule has 0 spiro atoms. The van der Waals surface area contributed by atoms with Crippen molar-refractivity contribution in [3.05, 3.63) is 72.1 Å². The van der Waals surface area contributed by atoms with E-state index < -0.39 is 0 Å². The Morgan fingerprint density at radius 1 is 1.09 bits per heavy atom. The van der Waals surface area contributed by atoms with Gasteiger partial charge in [0.25, 0.3) is 0 Å². The number of para-hydroxylation sites is 1. The van der Waals surface area contributed by atoms with Gasteiger partial charge in [-0.15, -0.1) is 0 Å². The van der Waals surface area contributed by atoms with Gasteiger partial charge < -0.3 is 16.0 Å². The number of aromatic nitrogens is 1. The van der Waals surface area contributed by atoms with E-state index in [4.69, 9.17) is 0 Å². The molecule has 1 aliphatic rings. The molecule has 1 aromatic heterocycles. The second-order valence-electron chi connectivity index (χ2n) is 8.96. The average molecular weight is 435 g/mol. The third kappa shape index (κ3) is 6.94. The molecule has 0 unspecified atom stereocenters. The largest absolute Gasteiger partial charge is 0.352 e. The van der Waals surface area contributed by atoms with Crippen LogP contribution in [0.3, 0.4) is 0 Å². The minimum atomic E-state index is -0.193. The van der Waals surface area contributed by atoms with Gasteiger partial charge in [0.2, 0.25) is 5.91 Å². The van der Waals surface area contributed by atoms with Crippen LogP contribution in [0.25, 0.3) is 0 Å². The molecule has 3 N–H and O–H groups in total. The molecule has 0 saturated heterocycles. The summed E-state index contributed by atoms with van der Waals surface area (Å²) in [5, 5.41) is 8.91. The smallest absolute Gasteiger partial charge is 0.319 e. The quantitative estimate of drug-likeness (QED) is 0.524. The number of urea groups is 1. The number of hydrogen-bond donors (Lipinski definition) is 3. The van der Waals surface area contributed by atoms with E-state index in [-0.39, 0.29) is 23.8 Å². The lowest BCUT2D eigenvalue weighted by Crippen LogP contribution is -2.39. The minimum absolute atomic E-state index is 0.0629. The molecule has 1 aliphatic carbocycles. The van der Waals surface area contributed by atoms with Gasteiger partial charge in [0, 0.05) is 37.6 Å². The van der Waals surface area contributed by atoms with Crippen molar-refractivity contribution >= 4 is 17.6 Å². The van der Waals surface area contributed by atoms with Crippen LogP contribution in [0, 0.1) is 23.7 Å². The first-order valence-electron chi connectivity index (χ1n) is 11.4. The first-order chi connectivity index (χ1) is 15.4. The Labute approximate surface area is 190 Å². The highest BCUT2D eigenvalue weighted by atomic mass is 16.2. The highest BCUT2D eigenvalue weighted by Gasteiger charge is 2.32. The number of amides is 3. The molecule has 0 bridgehead atoms. The molecule has 6 heteroatoms. The monoisotopic (exact) mass is 434 g/mol. The van der Waals surface area contributed by atoms with Crippen molar-refractivity contribution in [3.63, 3.8) is 0 Å². The van der Waals surface area contributed by atoms with Crippen LogP contribution in [-0.2, 0) is 11.3 Å². The number of benzene rings is 1. The SMILES string of the molecule is CC1=C[C@@H](CNC(=O)Nc2ccccc2)[C@H](C(C)C)C[C@H]1CC(=O)NCc1cccnc1. The predicted octanol–water partition coefficient (Wildman–Crippen LogP) is 4.76. The summed E-state index contributed by atoms with van der Waals surface area (Å²) in [4.78, 5) is 29.0. The molecule has 170 valence electrons. The maximum absolute atomic E-state index is 12.6. The molecule has 6 nitrogen and oxygen atoms in total. The predicted molar refractivity (Wildman–Crippen MR) is 128 cm³/mol. The third-order valence-electron chi connectivity index (χ3n) is 6.26. The Kier molecular flexibility index (Phi) is 8.42. The molecule has 3 amide bonds. The van der Waals surface area contributed by atoms with E-state index in [2.05, 4.69) is 47.8 Å². The Bertz CT molecular complexity index is 912. The maximum atomic E-state index is 12.6. The van der Waals surface area contributed by atoms with E-state index in [0.717, 1.165) is 17.7 Å². The van der Waals surface area contributed by atoms with Gasteiger partial charge in [0.15, 0.2) is 0 Å². The second kappa shape index (κ2) is 11.5. The molecule has 0 radical (unpaired) electrons. The van der Waals surface area contributed by atoms with Crippen LogP contribution in [-0.4, -0.2) is 23.5 Å². The van der Waals surface area contributed by atoms with Gasteiger partial charge in [-0.1, -0.05) is 49.8 Å². The topological polar surface area (TPSA) is 83.1 Å². The lowest BCUT2D eigenvalue weighted by Gasteiger charge is -2.37. The van der Waals surface area contributed by atoms with Crippen molar-refractivity contribution in [1.82, 2.24) is 15.6 Å². The molecular weight excluding hydrogens is 400 g/mol. The van der Waals surface area contributed by atoms with Gasteiger partial charge in [0.05, 0.1) is 0 Å². The van der Waals surface area contributed by atoms with E-state index in [1.165, 1.54) is 5.57 Å². The maximum Gasteiger partial charge on any atom is 0.319 e. The lowest BCUT2D eigenvalue weighted by molar-refractivity contribution is -0.122. The van der Waals surface area contributed by atoms with Crippen molar-refractivity contribution in [2.45, 2.75) is 40.2 Å². The Balaban J connectivity index is 1.54. The average Bonchev–Trinajstić information content (AvgIpc) is 2.79. The lowest BCUT2D eigenvalue weighted by atomic mass is 9.70. The van der Waals surface area contributed by atoms with E-state index in [1.807, 2.05) is 42.5 Å². The standard InChI is InChI=1S/C26H34N4O2/c1-18(2)24-13-21(14-25(31)28-16-20-8-7-11-27-15-20)19(3)12-22(24)17-29-26(32)30-23-9-5-4-6-10-23/h4-12,15,18,21-22,24H,13-14,16-17H2,1-3H3,(H,28,31)(H2,29,30,32)/t21-,22-,24-/m0/s1. The van der Waals surface area contributed by atoms with E-state index in [1.54, 1.807) is 12.4 Å². The number of carbonyl (C=O) groups excluding carboxylic acids is 2. The third-order valence-corrected chi connectivity index (χ3v) is 6.26. The van der Waals surface area contributed by atoms with Crippen molar-refractivity contribution in [2.24, 2.45) is 23.7 Å². The fraction of sp³-hybridized carbons (Fsp3) is 0.423. The van der Waals surface area contributed by atoms with Crippen LogP contribution in [0.1, 0.15) is 39.2 Å². The van der Waals surface area contributed by atoms with E-state index in [9.17, 15) is 9.59 Å². The highest BCUT2D eigenvalue weighted by Crippen LogP contribution is 2.38. The zero-order chi connectivity index (χ0) is 22.9. The van der Waals surface area contributed by atoms with E-state index >= 15 is 0 Å². The highest BCUT2D eigenvalue weighted by molar-refractivity contribution is 5.89. The fourth-order valence-electron chi connectivity index (χ4n) is 4.41. The molecule has 0 fully saturated rings. The zero-order valence-electron chi connectivity index (χ0n) is 19.2. The number of hydrogen-bond acceptors (Lipinski definition) is 3. The van der Waals surface area contributed by atoms with Crippen molar-refractivity contribution in [3.8, 4) is 0 Å². The summed E-state index contributed by atoms with van der Waals surface area (Å²) in [5.41, 5.74) is 3.00. The van der Waals surface area contributed by atoms with Gasteiger partial charge in [-0.2, -0.15) is 0 Å². The first-order valence-corrected chi connectivity index (χ1v) is 11.4. The number of nitrogens with one attached hydrogen (secondary N) is 3. The summed E-state index contributed by atoms with van der Waals surface area (Å²) >= 11 is 0. The molecule has 0 saturated carbocycles. The van der Waals surface area contributed by atoms with Gasteiger partial charge in [-0.05, 0) is 60.8 Å². The van der Waals surface area contributed by atoms with Gasteiger partial charge in [-0.25, -0.2) is 4.79 Å². The number of rotatable bonds is 8. The van der Waals surface area contributed by atoms with Crippen LogP contribution in [0.2, 0.25) is 0 Å². The van der Waals surface area contributed by atoms with Crippen LogP contribution in [0.4, 0.5) is 10.5 Å². The van der Waals surface area contributed by atoms with Gasteiger partial charge in [0.1, 0.15) is 0 Å². The number of allylic oxidation sites excluding steroid dienone is 1. The summed E-state index contributed by atoms with van der Waals surface area (Å²) in [6.07, 6.45) is 7.19. The Morgan fingerprint density at radius 3 is 2.56 bits per heavy atom. The van der Waals surface area contributed by atoms with Crippen LogP contribution >= 0.6 is 0 Å². The summed E-state index contributed by atoms with van der Waals surface area (Å²) in [6.45, 7) is 7.62. The van der Waals surface area contributed by atoms with E-state index in [0.29, 0.717) is 31.3 Å². The minimum Gasteiger partial charge on any atom is -0.352 e. The Hall–Kier alpha value is -3.15. The molecular formula is C26H34N4O2. The number of carbonyl (C=O) groups is 2. The molecule has 3 rings (SSSR count). The number of pyridine rings is 1. The van der Waals surface area contributed by atoms with Crippen molar-refractivity contribution in [1.29, 1.82) is 0 Å². The molecule has 32 heavy (non-hydrogen) atoms. The second-order valence-corrected chi connectivity index (χ2v) is 8.96. The normalized spacial score (nSPS) is 20.4. The Morgan fingerprint density at radius 2 is 1.88 bits per heavy atom. The molecule has 1 aromatic carbocycles. The number of nitrogens with zero attached hydrogens (tertiary/aromatic N) is 1. The van der Waals surface area contributed by atoms with Crippen molar-refractivity contribution in [2.75, 3.05) is 11.9 Å². The zero-order valence-corrected chi connectivity index (χ0v) is 19.2. The van der Waals surface area contributed by atoms with Gasteiger partial charge in [-0.3, -0.25) is 9.78 Å². The van der Waals surface area contributed by atoms with Crippen LogP contribution in [0.15, 0.2) is 66.5 Å². The molecule has 3 atom stereocenters. The molecule has 2 aromatic rings. The van der Waals surface area contributed by atoms with Crippen LogP contribution in [0.5, 0.6) is 0 Å². The summed E-state index contributed by atoms with van der Waals surface area (Å²) < 4.78 is 0. The molecule has 1 heterocycles. The van der Waals surface area contributed by atoms with Gasteiger partial charge >= 0.3 is 6.03 Å². The number of anilines is 1. The van der Waals surface area contributed by atoms with Crippen molar-refractivity contribution < 1.29 is 9.59 Å². The summed E-state index contributed by atoms with van der Waals surface area (Å²) in [5.74, 6) is 1.42. The van der Waals surface area contributed by atoms with Crippen LogP contribution < -0.4 is 16.0 Å². The fourth-order valence-corrected chi connectivity index (χ4v) is 4.41.